The molecule has 3 heteroatoms. The summed E-state index contributed by atoms with van der Waals surface area (Å²) in [6.07, 6.45) is 9.73. The van der Waals surface area contributed by atoms with Crippen molar-refractivity contribution in [1.29, 1.82) is 0 Å². The molecule has 0 aromatic heterocycles. The van der Waals surface area contributed by atoms with Crippen molar-refractivity contribution in [2.45, 2.75) is 51.5 Å². The Hall–Kier alpha value is -0.830. The molecule has 0 saturated carbocycles. The monoisotopic (exact) mass is 199 g/mol. The van der Waals surface area contributed by atoms with E-state index in [-0.39, 0.29) is 12.5 Å². The van der Waals surface area contributed by atoms with Gasteiger partial charge in [0.05, 0.1) is 6.42 Å². The van der Waals surface area contributed by atoms with Crippen molar-refractivity contribution in [2.75, 3.05) is 0 Å². The van der Waals surface area contributed by atoms with E-state index in [0.29, 0.717) is 0 Å². The van der Waals surface area contributed by atoms with Crippen LogP contribution in [-0.4, -0.2) is 17.1 Å². The fourth-order valence-corrected chi connectivity index (χ4v) is 1.23. The van der Waals surface area contributed by atoms with Gasteiger partial charge in [-0.3, -0.25) is 4.79 Å². The Balaban J connectivity index is 3.37. The molecule has 3 nitrogen and oxygen atoms in total. The number of unbranched alkanes of at least 4 members (excludes halogenated alkanes) is 4. The lowest BCUT2D eigenvalue weighted by Crippen LogP contribution is -2.20. The van der Waals surface area contributed by atoms with Crippen molar-refractivity contribution in [3.05, 3.63) is 12.2 Å². The van der Waals surface area contributed by atoms with E-state index in [9.17, 15) is 4.79 Å². The molecule has 0 aliphatic carbocycles. The molecule has 0 heterocycles. The van der Waals surface area contributed by atoms with Crippen LogP contribution in [0, 0.1) is 0 Å². The summed E-state index contributed by atoms with van der Waals surface area (Å²) in [4.78, 5) is 10.3. The van der Waals surface area contributed by atoms with E-state index in [1.54, 1.807) is 6.08 Å². The molecule has 0 aliphatic rings. The second-order valence-electron chi connectivity index (χ2n) is 3.54. The van der Waals surface area contributed by atoms with Crippen LogP contribution in [0.3, 0.4) is 0 Å². The third-order valence-electron chi connectivity index (χ3n) is 2.02. The number of aliphatic carboxylic acids is 1. The molecular formula is C11H21NO2. The highest BCUT2D eigenvalue weighted by Gasteiger charge is 2.02. The summed E-state index contributed by atoms with van der Waals surface area (Å²) in [5.74, 6) is -0.840. The van der Waals surface area contributed by atoms with Crippen LogP contribution in [0.5, 0.6) is 0 Å². The molecule has 1 atom stereocenters. The van der Waals surface area contributed by atoms with Gasteiger partial charge >= 0.3 is 5.97 Å². The fraction of sp³-hybridized carbons (Fsp3) is 0.727. The molecule has 82 valence electrons. The van der Waals surface area contributed by atoms with Gasteiger partial charge in [0.1, 0.15) is 0 Å². The minimum Gasteiger partial charge on any atom is -0.481 e. The first-order valence-corrected chi connectivity index (χ1v) is 5.30. The Bertz CT molecular complexity index is 178. The van der Waals surface area contributed by atoms with Gasteiger partial charge in [0.2, 0.25) is 0 Å². The van der Waals surface area contributed by atoms with Crippen molar-refractivity contribution >= 4 is 5.97 Å². The van der Waals surface area contributed by atoms with Crippen molar-refractivity contribution in [1.82, 2.24) is 0 Å². The molecule has 0 aromatic carbocycles. The smallest absolute Gasteiger partial charge is 0.305 e. The second-order valence-corrected chi connectivity index (χ2v) is 3.54. The number of hydrogen-bond acceptors (Lipinski definition) is 2. The molecule has 0 spiro atoms. The van der Waals surface area contributed by atoms with Crippen molar-refractivity contribution in [2.24, 2.45) is 5.73 Å². The van der Waals surface area contributed by atoms with Crippen LogP contribution in [0.2, 0.25) is 0 Å². The molecule has 0 rings (SSSR count). The van der Waals surface area contributed by atoms with E-state index in [4.69, 9.17) is 10.8 Å². The lowest BCUT2D eigenvalue weighted by atomic mass is 10.1. The van der Waals surface area contributed by atoms with Gasteiger partial charge in [0.25, 0.3) is 0 Å². The first-order chi connectivity index (χ1) is 6.66. The molecule has 0 saturated heterocycles. The maximum atomic E-state index is 10.3. The zero-order valence-corrected chi connectivity index (χ0v) is 8.91. The Labute approximate surface area is 86.0 Å². The zero-order valence-electron chi connectivity index (χ0n) is 8.91. The third kappa shape index (κ3) is 9.26. The van der Waals surface area contributed by atoms with Gasteiger partial charge in [-0.05, 0) is 12.8 Å². The predicted octanol–water partition coefficient (Wildman–Crippen LogP) is 2.31. The number of carboxylic acids is 1. The van der Waals surface area contributed by atoms with Gasteiger partial charge in [-0.1, -0.05) is 38.3 Å². The molecule has 1 unspecified atom stereocenters. The predicted molar refractivity (Wildman–Crippen MR) is 58.1 cm³/mol. The fourth-order valence-electron chi connectivity index (χ4n) is 1.23. The summed E-state index contributed by atoms with van der Waals surface area (Å²) < 4.78 is 0. The standard InChI is InChI=1S/C11H21NO2/c1-2-3-4-5-6-7-8-10(12)9-11(13)14/h7-8,10H,2-6,9,12H2,1H3,(H,13,14)/b8-7+. The summed E-state index contributed by atoms with van der Waals surface area (Å²) in [5, 5.41) is 8.44. The van der Waals surface area contributed by atoms with Gasteiger partial charge in [-0.15, -0.1) is 0 Å². The van der Waals surface area contributed by atoms with E-state index < -0.39 is 5.97 Å². The molecule has 0 fully saturated rings. The quantitative estimate of drug-likeness (QED) is 0.466. The van der Waals surface area contributed by atoms with Crippen LogP contribution in [-0.2, 0) is 4.79 Å². The maximum Gasteiger partial charge on any atom is 0.305 e. The average molecular weight is 199 g/mol. The Morgan fingerprint density at radius 1 is 1.43 bits per heavy atom. The molecule has 3 N–H and O–H groups in total. The normalized spacial score (nSPS) is 13.3. The summed E-state index contributed by atoms with van der Waals surface area (Å²) in [6, 6.07) is -0.335. The number of rotatable bonds is 8. The topological polar surface area (TPSA) is 63.3 Å². The Kier molecular flexibility index (Phi) is 8.24. The summed E-state index contributed by atoms with van der Waals surface area (Å²) in [7, 11) is 0. The first-order valence-electron chi connectivity index (χ1n) is 5.30. The number of carbonyl (C=O) groups is 1. The largest absolute Gasteiger partial charge is 0.481 e. The van der Waals surface area contributed by atoms with Gasteiger partial charge < -0.3 is 10.8 Å². The van der Waals surface area contributed by atoms with E-state index in [2.05, 4.69) is 6.92 Å². The zero-order chi connectivity index (χ0) is 10.8. The van der Waals surface area contributed by atoms with Crippen LogP contribution in [0.1, 0.15) is 45.4 Å². The van der Waals surface area contributed by atoms with Gasteiger partial charge in [-0.25, -0.2) is 0 Å². The molecule has 0 aromatic rings. The molecule has 0 bridgehead atoms. The number of carboxylic acid groups (broad SMARTS) is 1. The molecule has 0 amide bonds. The Morgan fingerprint density at radius 2 is 2.14 bits per heavy atom. The molecule has 14 heavy (non-hydrogen) atoms. The van der Waals surface area contributed by atoms with E-state index >= 15 is 0 Å². The lowest BCUT2D eigenvalue weighted by molar-refractivity contribution is -0.137. The average Bonchev–Trinajstić information content (AvgIpc) is 2.10. The highest BCUT2D eigenvalue weighted by atomic mass is 16.4. The lowest BCUT2D eigenvalue weighted by Gasteiger charge is -2.01. The van der Waals surface area contributed by atoms with Gasteiger partial charge in [0, 0.05) is 6.04 Å². The van der Waals surface area contributed by atoms with E-state index in [1.165, 1.54) is 25.7 Å². The SMILES string of the molecule is CCCCCC/C=C/C(N)CC(=O)O. The summed E-state index contributed by atoms with van der Waals surface area (Å²) in [5.41, 5.74) is 5.55. The summed E-state index contributed by atoms with van der Waals surface area (Å²) >= 11 is 0. The van der Waals surface area contributed by atoms with Crippen molar-refractivity contribution in [3.63, 3.8) is 0 Å². The van der Waals surface area contributed by atoms with Crippen LogP contribution < -0.4 is 5.73 Å². The van der Waals surface area contributed by atoms with E-state index in [1.807, 2.05) is 6.08 Å². The molecular weight excluding hydrogens is 178 g/mol. The van der Waals surface area contributed by atoms with Crippen LogP contribution in [0.25, 0.3) is 0 Å². The third-order valence-corrected chi connectivity index (χ3v) is 2.02. The van der Waals surface area contributed by atoms with Crippen LogP contribution in [0.15, 0.2) is 12.2 Å². The molecule has 0 radical (unpaired) electrons. The van der Waals surface area contributed by atoms with Crippen molar-refractivity contribution < 1.29 is 9.90 Å². The van der Waals surface area contributed by atoms with Crippen LogP contribution >= 0.6 is 0 Å². The minimum atomic E-state index is -0.840. The maximum absolute atomic E-state index is 10.3. The van der Waals surface area contributed by atoms with Gasteiger partial charge in [0.15, 0.2) is 0 Å². The van der Waals surface area contributed by atoms with Gasteiger partial charge in [-0.2, -0.15) is 0 Å². The number of nitrogens with two attached hydrogens (primary N) is 1. The Morgan fingerprint density at radius 3 is 2.71 bits per heavy atom. The second kappa shape index (κ2) is 8.75. The van der Waals surface area contributed by atoms with Crippen LogP contribution in [0.4, 0.5) is 0 Å². The highest BCUT2D eigenvalue weighted by Crippen LogP contribution is 2.03. The minimum absolute atomic E-state index is 0.0193. The first kappa shape index (κ1) is 13.2. The molecule has 0 aliphatic heterocycles. The number of hydrogen-bond donors (Lipinski definition) is 2. The van der Waals surface area contributed by atoms with Crippen molar-refractivity contribution in [3.8, 4) is 0 Å². The highest BCUT2D eigenvalue weighted by molar-refractivity contribution is 5.67. The number of allylic oxidation sites excluding steroid dienone is 1. The van der Waals surface area contributed by atoms with E-state index in [0.717, 1.165) is 6.42 Å². The summed E-state index contributed by atoms with van der Waals surface area (Å²) in [6.45, 7) is 2.18.